The zero-order chi connectivity index (χ0) is 22.0. The summed E-state index contributed by atoms with van der Waals surface area (Å²) in [6, 6.07) is 13.2. The average molecular weight is 441 g/mol. The molecule has 9 heteroatoms. The van der Waals surface area contributed by atoms with Crippen LogP contribution in [0.2, 0.25) is 0 Å². The number of carbonyl (C=O) groups is 1. The summed E-state index contributed by atoms with van der Waals surface area (Å²) in [5.74, 6) is 0.869. The second-order valence-electron chi connectivity index (χ2n) is 7.77. The highest BCUT2D eigenvalue weighted by molar-refractivity contribution is 7.92. The first kappa shape index (κ1) is 21.0. The summed E-state index contributed by atoms with van der Waals surface area (Å²) < 4.78 is 33.5. The number of carbonyl (C=O) groups excluding carboxylic acids is 1. The van der Waals surface area contributed by atoms with Crippen LogP contribution in [0.15, 0.2) is 57.9 Å². The van der Waals surface area contributed by atoms with Crippen LogP contribution in [-0.2, 0) is 10.0 Å². The summed E-state index contributed by atoms with van der Waals surface area (Å²) in [6.07, 6.45) is 1.67. The van der Waals surface area contributed by atoms with Crippen LogP contribution in [-0.4, -0.2) is 42.5 Å². The van der Waals surface area contributed by atoms with E-state index in [-0.39, 0.29) is 16.7 Å². The van der Waals surface area contributed by atoms with Crippen molar-refractivity contribution >= 4 is 21.6 Å². The maximum Gasteiger partial charge on any atom is 0.261 e. The molecule has 1 aliphatic rings. The number of rotatable bonds is 5. The van der Waals surface area contributed by atoms with E-state index < -0.39 is 10.0 Å². The van der Waals surface area contributed by atoms with Crippen molar-refractivity contribution in [2.45, 2.75) is 37.5 Å². The Balaban J connectivity index is 1.51. The first-order chi connectivity index (χ1) is 14.8. The van der Waals surface area contributed by atoms with E-state index in [0.29, 0.717) is 36.1 Å². The third kappa shape index (κ3) is 4.77. The number of piperidine rings is 1. The fourth-order valence-electron chi connectivity index (χ4n) is 3.66. The van der Waals surface area contributed by atoms with Crippen LogP contribution in [0.1, 0.15) is 46.4 Å². The summed E-state index contributed by atoms with van der Waals surface area (Å²) in [5.41, 5.74) is 1.83. The normalized spacial score (nSPS) is 16.8. The molecule has 0 bridgehead atoms. The monoisotopic (exact) mass is 440 g/mol. The number of likely N-dealkylation sites (tertiary alicyclic amines) is 1. The first-order valence-corrected chi connectivity index (χ1v) is 11.6. The molecule has 1 aliphatic heterocycles. The van der Waals surface area contributed by atoms with Crippen molar-refractivity contribution in [3.63, 3.8) is 0 Å². The second-order valence-corrected chi connectivity index (χ2v) is 9.45. The predicted molar refractivity (Wildman–Crippen MR) is 115 cm³/mol. The zero-order valence-corrected chi connectivity index (χ0v) is 18.2. The van der Waals surface area contributed by atoms with Gasteiger partial charge in [0.15, 0.2) is 5.82 Å². The van der Waals surface area contributed by atoms with E-state index in [0.717, 1.165) is 18.4 Å². The van der Waals surface area contributed by atoms with Crippen molar-refractivity contribution < 1.29 is 17.7 Å². The van der Waals surface area contributed by atoms with Gasteiger partial charge in [-0.2, -0.15) is 4.98 Å². The van der Waals surface area contributed by atoms with Gasteiger partial charge in [0, 0.05) is 24.3 Å². The minimum atomic E-state index is -3.82. The van der Waals surface area contributed by atoms with Crippen molar-refractivity contribution in [1.82, 2.24) is 15.0 Å². The molecule has 8 nitrogen and oxygen atoms in total. The highest BCUT2D eigenvalue weighted by atomic mass is 32.2. The molecule has 1 fully saturated rings. The second kappa shape index (κ2) is 8.50. The van der Waals surface area contributed by atoms with E-state index in [9.17, 15) is 13.2 Å². The number of aromatic nitrogens is 2. The van der Waals surface area contributed by atoms with Gasteiger partial charge in [-0.15, -0.1) is 0 Å². The largest absolute Gasteiger partial charge is 0.339 e. The Kier molecular flexibility index (Phi) is 5.77. The number of aryl methyl sites for hydroxylation is 2. The molecular formula is C22H24N4O4S. The molecule has 1 atom stereocenters. The molecule has 0 aliphatic carbocycles. The highest BCUT2D eigenvalue weighted by Gasteiger charge is 2.29. The fraction of sp³-hybridized carbons (Fsp3) is 0.318. The van der Waals surface area contributed by atoms with Crippen LogP contribution in [0, 0.1) is 13.8 Å². The van der Waals surface area contributed by atoms with Gasteiger partial charge >= 0.3 is 0 Å². The van der Waals surface area contributed by atoms with E-state index in [1.165, 1.54) is 12.1 Å². The molecule has 0 spiro atoms. The average Bonchev–Trinajstić information content (AvgIpc) is 3.21. The quantitative estimate of drug-likeness (QED) is 0.651. The predicted octanol–water partition coefficient (Wildman–Crippen LogP) is 3.51. The standard InChI is InChI=1S/C22H24N4O4S/c1-15-8-10-19(11-9-15)25-31(28,29)20-7-3-5-17(13-20)22(27)26-12-4-6-18(14-26)21-23-16(2)24-30-21/h3,5,7-11,13,18,25H,4,6,12,14H2,1-2H3. The van der Waals surface area contributed by atoms with Crippen molar-refractivity contribution in [3.8, 4) is 0 Å². The summed E-state index contributed by atoms with van der Waals surface area (Å²) >= 11 is 0. The minimum Gasteiger partial charge on any atom is -0.339 e. The van der Waals surface area contributed by atoms with Gasteiger partial charge in [-0.1, -0.05) is 28.9 Å². The molecule has 3 aromatic rings. The summed E-state index contributed by atoms with van der Waals surface area (Å²) in [7, 11) is -3.82. The Morgan fingerprint density at radius 1 is 1.16 bits per heavy atom. The van der Waals surface area contributed by atoms with Gasteiger partial charge in [0.2, 0.25) is 5.89 Å². The van der Waals surface area contributed by atoms with Crippen molar-refractivity contribution in [2.75, 3.05) is 17.8 Å². The lowest BCUT2D eigenvalue weighted by atomic mass is 9.97. The maximum atomic E-state index is 13.1. The van der Waals surface area contributed by atoms with Crippen LogP contribution < -0.4 is 4.72 Å². The molecule has 0 saturated carbocycles. The molecular weight excluding hydrogens is 416 g/mol. The number of hydrogen-bond acceptors (Lipinski definition) is 6. The van der Waals surface area contributed by atoms with E-state index >= 15 is 0 Å². The third-order valence-electron chi connectivity index (χ3n) is 5.30. The number of benzene rings is 2. The first-order valence-electron chi connectivity index (χ1n) is 10.1. The Labute approximate surface area is 181 Å². The van der Waals surface area contributed by atoms with E-state index in [2.05, 4.69) is 14.9 Å². The molecule has 162 valence electrons. The van der Waals surface area contributed by atoms with E-state index in [1.807, 2.05) is 19.1 Å². The Morgan fingerprint density at radius 2 is 1.94 bits per heavy atom. The summed E-state index contributed by atoms with van der Waals surface area (Å²) in [6.45, 7) is 4.74. The smallest absolute Gasteiger partial charge is 0.261 e. The van der Waals surface area contributed by atoms with Gasteiger partial charge in [-0.05, 0) is 57.0 Å². The number of anilines is 1. The molecule has 2 heterocycles. The fourth-order valence-corrected chi connectivity index (χ4v) is 4.76. The lowest BCUT2D eigenvalue weighted by molar-refractivity contribution is 0.0695. The molecule has 2 aromatic carbocycles. The van der Waals surface area contributed by atoms with Crippen LogP contribution in [0.5, 0.6) is 0 Å². The van der Waals surface area contributed by atoms with Crippen molar-refractivity contribution in [3.05, 3.63) is 71.4 Å². The Hall–Kier alpha value is -3.20. The van der Waals surface area contributed by atoms with Gasteiger partial charge < -0.3 is 9.42 Å². The Bertz CT molecular complexity index is 1190. The van der Waals surface area contributed by atoms with Gasteiger partial charge in [-0.3, -0.25) is 9.52 Å². The number of nitrogens with zero attached hydrogens (tertiary/aromatic N) is 3. The number of sulfonamides is 1. The highest BCUT2D eigenvalue weighted by Crippen LogP contribution is 2.27. The SMILES string of the molecule is Cc1ccc(NS(=O)(=O)c2cccc(C(=O)N3CCCC(c4nc(C)no4)C3)c2)cc1. The molecule has 1 N–H and O–H groups in total. The van der Waals surface area contributed by atoms with Crippen LogP contribution >= 0.6 is 0 Å². The third-order valence-corrected chi connectivity index (χ3v) is 6.68. The summed E-state index contributed by atoms with van der Waals surface area (Å²) in [5, 5.41) is 3.83. The van der Waals surface area contributed by atoms with E-state index in [4.69, 9.17) is 4.52 Å². The molecule has 0 radical (unpaired) electrons. The molecule has 1 saturated heterocycles. The maximum absolute atomic E-state index is 13.1. The summed E-state index contributed by atoms with van der Waals surface area (Å²) in [4.78, 5) is 19.1. The number of amides is 1. The van der Waals surface area contributed by atoms with Crippen molar-refractivity contribution in [1.29, 1.82) is 0 Å². The molecule has 31 heavy (non-hydrogen) atoms. The number of nitrogens with one attached hydrogen (secondary N) is 1. The van der Waals surface area contributed by atoms with Crippen molar-refractivity contribution in [2.24, 2.45) is 0 Å². The van der Waals surface area contributed by atoms with Gasteiger partial charge in [0.25, 0.3) is 15.9 Å². The van der Waals surface area contributed by atoms with Gasteiger partial charge in [0.1, 0.15) is 0 Å². The molecule has 1 unspecified atom stereocenters. The van der Waals surface area contributed by atoms with E-state index in [1.54, 1.807) is 36.1 Å². The molecule has 1 aromatic heterocycles. The van der Waals surface area contributed by atoms with Gasteiger partial charge in [-0.25, -0.2) is 8.42 Å². The molecule has 4 rings (SSSR count). The topological polar surface area (TPSA) is 105 Å². The molecule has 1 amide bonds. The lowest BCUT2D eigenvalue weighted by Gasteiger charge is -2.31. The van der Waals surface area contributed by atoms with Crippen LogP contribution in [0.25, 0.3) is 0 Å². The number of hydrogen-bond donors (Lipinski definition) is 1. The van der Waals surface area contributed by atoms with Crippen LogP contribution in [0.4, 0.5) is 5.69 Å². The van der Waals surface area contributed by atoms with Crippen LogP contribution in [0.3, 0.4) is 0 Å². The zero-order valence-electron chi connectivity index (χ0n) is 17.4. The minimum absolute atomic E-state index is 0.0194. The Morgan fingerprint density at radius 3 is 2.65 bits per heavy atom. The van der Waals surface area contributed by atoms with Gasteiger partial charge in [0.05, 0.1) is 10.8 Å². The lowest BCUT2D eigenvalue weighted by Crippen LogP contribution is -2.39.